The molecular weight excluding hydrogens is 372 g/mol. The van der Waals surface area contributed by atoms with E-state index >= 15 is 0 Å². The summed E-state index contributed by atoms with van der Waals surface area (Å²) in [4.78, 5) is 20.6. The van der Waals surface area contributed by atoms with Gasteiger partial charge >= 0.3 is 37.7 Å². The van der Waals surface area contributed by atoms with Gasteiger partial charge in [0.2, 0.25) is 0 Å². The third kappa shape index (κ3) is 18.9. The van der Waals surface area contributed by atoms with E-state index in [1.165, 1.54) is 0 Å². The smallest absolute Gasteiger partial charge is 1.00 e. The van der Waals surface area contributed by atoms with Crippen LogP contribution in [-0.4, -0.2) is 109 Å². The first kappa shape index (κ1) is 28.5. The van der Waals surface area contributed by atoms with Crippen molar-refractivity contribution < 1.29 is 32.9 Å². The minimum atomic E-state index is -1.16. The van der Waals surface area contributed by atoms with E-state index in [-0.39, 0.29) is 54.1 Å². The Labute approximate surface area is 178 Å². The van der Waals surface area contributed by atoms with Gasteiger partial charge in [0.1, 0.15) is 0 Å². The number of nitrogens with one attached hydrogen (secondary N) is 2. The number of rotatable bonds is 12. The summed E-state index contributed by atoms with van der Waals surface area (Å²) in [6.07, 6.45) is 4.74. The van der Waals surface area contributed by atoms with E-state index in [0.29, 0.717) is 12.8 Å². The topological polar surface area (TPSA) is 145 Å². The number of hydrogen-bond donors (Lipinski definition) is 4. The summed E-state index contributed by atoms with van der Waals surface area (Å²) in [7, 11) is 0. The third-order valence-electron chi connectivity index (χ3n) is 2.47. The third-order valence-corrected chi connectivity index (χ3v) is 3.75. The van der Waals surface area contributed by atoms with Crippen molar-refractivity contribution in [3.8, 4) is 0 Å². The summed E-state index contributed by atoms with van der Waals surface area (Å²) in [6, 6.07) is -1.46. The average Bonchev–Trinajstić information content (AvgIpc) is 2.48. The molecule has 2 atom stereocenters. The number of carboxylic acid groups (broad SMARTS) is 2. The van der Waals surface area contributed by atoms with Crippen LogP contribution in [0.1, 0.15) is 15.7 Å². The molecule has 0 heterocycles. The van der Waals surface area contributed by atoms with Crippen LogP contribution in [-0.2, 0) is 9.59 Å². The summed E-state index contributed by atoms with van der Waals surface area (Å²) >= 11 is 3.12. The average molecular weight is 399 g/mol. The molecular formula is C12H26CaN2O6S2-2. The largest absolute Gasteiger partial charge is 2.00 e. The number of thioether (sulfide) groups is 2. The second kappa shape index (κ2) is 20.8. The molecule has 0 spiro atoms. The maximum Gasteiger partial charge on any atom is 2.00 e. The molecule has 4 N–H and O–H groups in total. The van der Waals surface area contributed by atoms with E-state index in [4.69, 9.17) is 10.2 Å². The summed E-state index contributed by atoms with van der Waals surface area (Å²) in [5.41, 5.74) is 0. The molecule has 11 heteroatoms. The zero-order valence-corrected chi connectivity index (χ0v) is 17.3. The Morgan fingerprint density at radius 2 is 1.26 bits per heavy atom. The van der Waals surface area contributed by atoms with Gasteiger partial charge in [-0.05, 0) is 36.9 Å². The molecule has 0 saturated heterocycles. The molecule has 0 fully saturated rings. The van der Waals surface area contributed by atoms with Gasteiger partial charge in [0.25, 0.3) is 0 Å². The molecule has 0 saturated carbocycles. The molecule has 23 heavy (non-hydrogen) atoms. The summed E-state index contributed by atoms with van der Waals surface area (Å²) in [5.74, 6) is -0.835. The van der Waals surface area contributed by atoms with Crippen LogP contribution in [0.5, 0.6) is 0 Å². The van der Waals surface area contributed by atoms with Crippen molar-refractivity contribution >= 4 is 73.2 Å². The minimum absolute atomic E-state index is 0. The maximum absolute atomic E-state index is 10.3. The van der Waals surface area contributed by atoms with Crippen LogP contribution in [0.3, 0.4) is 0 Å². The molecule has 0 unspecified atom stereocenters. The fourth-order valence-corrected chi connectivity index (χ4v) is 2.24. The Balaban J connectivity index is -0.0000000952. The molecule has 8 nitrogen and oxygen atoms in total. The second-order valence-corrected chi connectivity index (χ2v) is 6.00. The van der Waals surface area contributed by atoms with Gasteiger partial charge in [0.05, 0.1) is 25.4 Å². The van der Waals surface area contributed by atoms with Crippen LogP contribution in [0, 0.1) is 0 Å². The number of aliphatic hydroxyl groups excluding tert-OH is 2. The number of aliphatic carboxylic acids is 2. The van der Waals surface area contributed by atoms with E-state index < -0.39 is 24.0 Å². The molecule has 0 rings (SSSR count). The van der Waals surface area contributed by atoms with Crippen LogP contribution >= 0.6 is 23.5 Å². The van der Waals surface area contributed by atoms with E-state index in [1.807, 2.05) is 12.5 Å². The normalized spacial score (nSPS) is 12.3. The van der Waals surface area contributed by atoms with Crippen molar-refractivity contribution in [1.29, 1.82) is 0 Å². The zero-order chi connectivity index (χ0) is 17.4. The van der Waals surface area contributed by atoms with Gasteiger partial charge in [0.15, 0.2) is 0 Å². The van der Waals surface area contributed by atoms with Crippen LogP contribution in [0.15, 0.2) is 0 Å². The molecule has 0 aliphatic carbocycles. The van der Waals surface area contributed by atoms with Crippen molar-refractivity contribution in [3.63, 3.8) is 0 Å². The molecule has 0 amide bonds. The molecule has 0 bridgehead atoms. The number of carboxylic acids is 2. The predicted molar refractivity (Wildman–Crippen MR) is 92.0 cm³/mol. The monoisotopic (exact) mass is 398 g/mol. The SMILES string of the molecule is CSCC[C@H](NCO)C(=O)[O-].CSCC[C@H](NCO)C(=O)[O-].[Ca+2].[H-].[H-]. The Hall–Kier alpha value is 0.740. The fourth-order valence-electron chi connectivity index (χ4n) is 1.30. The van der Waals surface area contributed by atoms with E-state index in [0.717, 1.165) is 11.5 Å². The van der Waals surface area contributed by atoms with Crippen molar-refractivity contribution in [2.75, 3.05) is 37.5 Å². The fraction of sp³-hybridized carbons (Fsp3) is 0.833. The van der Waals surface area contributed by atoms with Gasteiger partial charge in [-0.1, -0.05) is 0 Å². The number of carbonyl (C=O) groups is 2. The standard InChI is InChI=1S/2C6H13NO3S.Ca.2H/c2*1-11-3-2-5(6(9)10)7-4-8;;;/h2*5,7-8H,2-4H2,1H3,(H,9,10);;;/q;;+2;2*-1/p-2/t2*5-;;;/m00.../s1. The first-order valence-electron chi connectivity index (χ1n) is 6.52. The summed E-state index contributed by atoms with van der Waals surface area (Å²) in [5, 5.41) is 42.1. The maximum atomic E-state index is 10.3. The van der Waals surface area contributed by atoms with E-state index in [2.05, 4.69) is 10.6 Å². The van der Waals surface area contributed by atoms with Gasteiger partial charge < -0.3 is 32.9 Å². The van der Waals surface area contributed by atoms with Gasteiger partial charge in [-0.3, -0.25) is 10.6 Å². The first-order valence-corrected chi connectivity index (χ1v) is 9.31. The van der Waals surface area contributed by atoms with Gasteiger partial charge in [-0.15, -0.1) is 0 Å². The molecule has 0 aliphatic heterocycles. The van der Waals surface area contributed by atoms with Crippen molar-refractivity contribution in [1.82, 2.24) is 10.6 Å². The van der Waals surface area contributed by atoms with Crippen LogP contribution in [0.25, 0.3) is 0 Å². The van der Waals surface area contributed by atoms with Gasteiger partial charge in [-0.2, -0.15) is 23.5 Å². The number of carbonyl (C=O) groups excluding carboxylic acids is 2. The summed E-state index contributed by atoms with van der Waals surface area (Å²) in [6.45, 7) is -0.653. The molecule has 136 valence electrons. The molecule has 0 aromatic rings. The van der Waals surface area contributed by atoms with Crippen LogP contribution in [0.2, 0.25) is 0 Å². The van der Waals surface area contributed by atoms with Crippen molar-refractivity contribution in [2.24, 2.45) is 0 Å². The molecule has 0 aliphatic rings. The van der Waals surface area contributed by atoms with E-state index in [9.17, 15) is 19.8 Å². The van der Waals surface area contributed by atoms with Crippen molar-refractivity contribution in [3.05, 3.63) is 0 Å². The number of hydrogen-bond acceptors (Lipinski definition) is 10. The van der Waals surface area contributed by atoms with Crippen LogP contribution in [0.4, 0.5) is 0 Å². The zero-order valence-electron chi connectivity index (χ0n) is 15.4. The molecule has 0 aromatic carbocycles. The predicted octanol–water partition coefficient (Wildman–Crippen LogP) is -3.36. The minimum Gasteiger partial charge on any atom is -1.00 e. The molecule has 0 radical (unpaired) electrons. The Morgan fingerprint density at radius 1 is 0.957 bits per heavy atom. The summed E-state index contributed by atoms with van der Waals surface area (Å²) < 4.78 is 0. The Bertz CT molecular complexity index is 285. The van der Waals surface area contributed by atoms with E-state index in [1.54, 1.807) is 23.5 Å². The van der Waals surface area contributed by atoms with Gasteiger partial charge in [-0.25, -0.2) is 0 Å². The Morgan fingerprint density at radius 3 is 1.43 bits per heavy atom. The van der Waals surface area contributed by atoms with Crippen molar-refractivity contribution in [2.45, 2.75) is 24.9 Å². The number of aliphatic hydroxyl groups is 2. The Kier molecular flexibility index (Phi) is 25.8. The van der Waals surface area contributed by atoms with Crippen LogP contribution < -0.4 is 20.8 Å². The second-order valence-electron chi connectivity index (χ2n) is 4.03. The quantitative estimate of drug-likeness (QED) is 0.194. The first-order chi connectivity index (χ1) is 10.4. The van der Waals surface area contributed by atoms with Gasteiger partial charge in [0, 0.05) is 12.1 Å². The molecule has 0 aromatic heterocycles.